The topological polar surface area (TPSA) is 24.5 Å². The molecule has 2 atom stereocenters. The number of hydrogen-bond acceptors (Lipinski definition) is 3. The maximum Gasteiger partial charge on any atom is 0.0589 e. The summed E-state index contributed by atoms with van der Waals surface area (Å²) >= 11 is 0. The summed E-state index contributed by atoms with van der Waals surface area (Å²) in [7, 11) is 3.86. The van der Waals surface area contributed by atoms with E-state index < -0.39 is 0 Å². The third-order valence-electron chi connectivity index (χ3n) is 3.32. The molecule has 0 aromatic carbocycles. The molecule has 0 aliphatic carbocycles. The number of rotatable bonds is 5. The first kappa shape index (κ1) is 12.0. The molecule has 14 heavy (non-hydrogen) atoms. The first-order valence-corrected chi connectivity index (χ1v) is 5.70. The lowest BCUT2D eigenvalue weighted by Gasteiger charge is -2.38. The second-order valence-electron chi connectivity index (χ2n) is 4.15. The van der Waals surface area contributed by atoms with Crippen LogP contribution in [0.3, 0.4) is 0 Å². The normalized spacial score (nSPS) is 29.4. The summed E-state index contributed by atoms with van der Waals surface area (Å²) in [5.74, 6) is 0.811. The van der Waals surface area contributed by atoms with Gasteiger partial charge >= 0.3 is 0 Å². The highest BCUT2D eigenvalue weighted by atomic mass is 16.5. The standard InChI is InChI=1S/C11H24N2O/c1-4-10-9-13(7-8-14-3)6-5-11(10)12-2/h10-12H,4-9H2,1-3H3. The summed E-state index contributed by atoms with van der Waals surface area (Å²) in [6.45, 7) is 6.68. The van der Waals surface area contributed by atoms with E-state index in [0.717, 1.165) is 25.1 Å². The van der Waals surface area contributed by atoms with Crippen LogP contribution in [0.25, 0.3) is 0 Å². The summed E-state index contributed by atoms with van der Waals surface area (Å²) in [5.41, 5.74) is 0. The van der Waals surface area contributed by atoms with E-state index in [4.69, 9.17) is 4.74 Å². The number of methoxy groups -OCH3 is 1. The van der Waals surface area contributed by atoms with Crippen molar-refractivity contribution in [1.29, 1.82) is 0 Å². The zero-order valence-corrected chi connectivity index (χ0v) is 9.75. The van der Waals surface area contributed by atoms with Crippen molar-refractivity contribution in [3.63, 3.8) is 0 Å². The molecule has 2 unspecified atom stereocenters. The van der Waals surface area contributed by atoms with Crippen molar-refractivity contribution in [2.45, 2.75) is 25.8 Å². The zero-order valence-electron chi connectivity index (χ0n) is 9.75. The molecule has 1 fully saturated rings. The molecule has 1 heterocycles. The second-order valence-corrected chi connectivity index (χ2v) is 4.15. The van der Waals surface area contributed by atoms with Gasteiger partial charge < -0.3 is 15.0 Å². The Labute approximate surface area is 87.8 Å². The van der Waals surface area contributed by atoms with Gasteiger partial charge in [0.2, 0.25) is 0 Å². The fraction of sp³-hybridized carbons (Fsp3) is 1.00. The van der Waals surface area contributed by atoms with Gasteiger partial charge in [0, 0.05) is 26.2 Å². The Morgan fingerprint density at radius 1 is 1.50 bits per heavy atom. The molecule has 0 saturated carbocycles. The average Bonchev–Trinajstić information content (AvgIpc) is 2.25. The van der Waals surface area contributed by atoms with Gasteiger partial charge in [-0.1, -0.05) is 13.3 Å². The van der Waals surface area contributed by atoms with E-state index in [-0.39, 0.29) is 0 Å². The monoisotopic (exact) mass is 200 g/mol. The maximum absolute atomic E-state index is 5.11. The molecule has 0 bridgehead atoms. The van der Waals surface area contributed by atoms with E-state index in [2.05, 4.69) is 24.2 Å². The Morgan fingerprint density at radius 3 is 2.86 bits per heavy atom. The van der Waals surface area contributed by atoms with Gasteiger partial charge in [-0.25, -0.2) is 0 Å². The fourth-order valence-corrected chi connectivity index (χ4v) is 2.32. The van der Waals surface area contributed by atoms with Crippen LogP contribution in [-0.2, 0) is 4.74 Å². The predicted molar refractivity (Wildman–Crippen MR) is 59.6 cm³/mol. The molecule has 0 radical (unpaired) electrons. The fourth-order valence-electron chi connectivity index (χ4n) is 2.32. The van der Waals surface area contributed by atoms with E-state index in [1.54, 1.807) is 7.11 Å². The minimum Gasteiger partial charge on any atom is -0.383 e. The van der Waals surface area contributed by atoms with Gasteiger partial charge in [-0.3, -0.25) is 0 Å². The van der Waals surface area contributed by atoms with Crippen LogP contribution in [0.2, 0.25) is 0 Å². The quantitative estimate of drug-likeness (QED) is 0.715. The molecule has 1 N–H and O–H groups in total. The van der Waals surface area contributed by atoms with E-state index in [0.29, 0.717) is 0 Å². The summed E-state index contributed by atoms with van der Waals surface area (Å²) < 4.78 is 5.11. The maximum atomic E-state index is 5.11. The zero-order chi connectivity index (χ0) is 10.4. The van der Waals surface area contributed by atoms with Gasteiger partial charge in [0.25, 0.3) is 0 Å². The molecular formula is C11H24N2O. The lowest BCUT2D eigenvalue weighted by Crippen LogP contribution is -2.48. The van der Waals surface area contributed by atoms with Crippen molar-refractivity contribution in [1.82, 2.24) is 10.2 Å². The van der Waals surface area contributed by atoms with E-state index in [1.165, 1.54) is 25.9 Å². The van der Waals surface area contributed by atoms with Gasteiger partial charge in [0.15, 0.2) is 0 Å². The largest absolute Gasteiger partial charge is 0.383 e. The van der Waals surface area contributed by atoms with Crippen molar-refractivity contribution in [3.8, 4) is 0 Å². The first-order valence-electron chi connectivity index (χ1n) is 5.70. The lowest BCUT2D eigenvalue weighted by atomic mass is 9.90. The molecule has 0 aromatic rings. The molecule has 0 aromatic heterocycles. The number of nitrogens with zero attached hydrogens (tertiary/aromatic N) is 1. The van der Waals surface area contributed by atoms with Gasteiger partial charge in [0.05, 0.1) is 6.61 Å². The van der Waals surface area contributed by atoms with Crippen LogP contribution in [0.1, 0.15) is 19.8 Å². The highest BCUT2D eigenvalue weighted by molar-refractivity contribution is 4.83. The van der Waals surface area contributed by atoms with Crippen LogP contribution in [0, 0.1) is 5.92 Å². The van der Waals surface area contributed by atoms with E-state index in [1.807, 2.05) is 0 Å². The van der Waals surface area contributed by atoms with Crippen LogP contribution in [0.4, 0.5) is 0 Å². The second kappa shape index (κ2) is 6.38. The molecule has 1 aliphatic heterocycles. The number of ether oxygens (including phenoxy) is 1. The number of nitrogens with one attached hydrogen (secondary N) is 1. The molecule has 3 heteroatoms. The van der Waals surface area contributed by atoms with Gasteiger partial charge in [-0.05, 0) is 25.9 Å². The van der Waals surface area contributed by atoms with Crippen LogP contribution >= 0.6 is 0 Å². The first-order chi connectivity index (χ1) is 6.81. The average molecular weight is 200 g/mol. The van der Waals surface area contributed by atoms with Crippen molar-refractivity contribution in [3.05, 3.63) is 0 Å². The summed E-state index contributed by atoms with van der Waals surface area (Å²) in [6.07, 6.45) is 2.55. The lowest BCUT2D eigenvalue weighted by molar-refractivity contribution is 0.0976. The third-order valence-corrected chi connectivity index (χ3v) is 3.32. The number of hydrogen-bond donors (Lipinski definition) is 1. The third kappa shape index (κ3) is 3.23. The van der Waals surface area contributed by atoms with Crippen molar-refractivity contribution < 1.29 is 4.74 Å². The predicted octanol–water partition coefficient (Wildman–Crippen LogP) is 0.953. The molecule has 84 valence electrons. The molecule has 1 aliphatic rings. The summed E-state index contributed by atoms with van der Waals surface area (Å²) in [4.78, 5) is 2.52. The molecule has 1 rings (SSSR count). The van der Waals surface area contributed by atoms with E-state index in [9.17, 15) is 0 Å². The highest BCUT2D eigenvalue weighted by Crippen LogP contribution is 2.19. The molecule has 0 amide bonds. The van der Waals surface area contributed by atoms with Crippen LogP contribution in [-0.4, -0.2) is 51.3 Å². The Bertz CT molecular complexity index is 152. The number of likely N-dealkylation sites (tertiary alicyclic amines) is 1. The Hall–Kier alpha value is -0.120. The molecule has 0 spiro atoms. The molecule has 3 nitrogen and oxygen atoms in total. The SMILES string of the molecule is CCC1CN(CCOC)CCC1NC. The van der Waals surface area contributed by atoms with Crippen LogP contribution in [0.15, 0.2) is 0 Å². The van der Waals surface area contributed by atoms with Gasteiger partial charge in [-0.2, -0.15) is 0 Å². The number of piperidine rings is 1. The minimum absolute atomic E-state index is 0.721. The van der Waals surface area contributed by atoms with Crippen LogP contribution < -0.4 is 5.32 Å². The van der Waals surface area contributed by atoms with Crippen LogP contribution in [0.5, 0.6) is 0 Å². The Morgan fingerprint density at radius 2 is 2.29 bits per heavy atom. The van der Waals surface area contributed by atoms with Crippen molar-refractivity contribution >= 4 is 0 Å². The summed E-state index contributed by atoms with van der Waals surface area (Å²) in [6, 6.07) is 0.721. The summed E-state index contributed by atoms with van der Waals surface area (Å²) in [5, 5.41) is 3.42. The minimum atomic E-state index is 0.721. The van der Waals surface area contributed by atoms with Gasteiger partial charge in [0.1, 0.15) is 0 Å². The molecular weight excluding hydrogens is 176 g/mol. The molecule has 1 saturated heterocycles. The highest BCUT2D eigenvalue weighted by Gasteiger charge is 2.26. The van der Waals surface area contributed by atoms with Crippen molar-refractivity contribution in [2.24, 2.45) is 5.92 Å². The van der Waals surface area contributed by atoms with Gasteiger partial charge in [-0.15, -0.1) is 0 Å². The van der Waals surface area contributed by atoms with E-state index >= 15 is 0 Å². The van der Waals surface area contributed by atoms with Crippen molar-refractivity contribution in [2.75, 3.05) is 40.4 Å². The Balaban J connectivity index is 2.32. The Kier molecular flexibility index (Phi) is 5.45. The smallest absolute Gasteiger partial charge is 0.0589 e.